The van der Waals surface area contributed by atoms with Crippen LogP contribution in [0.1, 0.15) is 38.7 Å². The normalized spacial score (nSPS) is 31.3. The van der Waals surface area contributed by atoms with Gasteiger partial charge in [-0.2, -0.15) is 13.2 Å². The minimum atomic E-state index is -4.32. The number of amides is 1. The first-order valence-corrected chi connectivity index (χ1v) is 9.61. The highest BCUT2D eigenvalue weighted by atomic mass is 19.4. The van der Waals surface area contributed by atoms with E-state index in [1.165, 1.54) is 0 Å². The molecule has 3 aliphatic heterocycles. The number of alkyl halides is 3. The van der Waals surface area contributed by atoms with E-state index in [0.29, 0.717) is 38.5 Å². The molecular weight excluding hydrogens is 357 g/mol. The second kappa shape index (κ2) is 6.40. The zero-order valence-corrected chi connectivity index (χ0v) is 15.6. The average molecular weight is 382 g/mol. The molecule has 3 heterocycles. The van der Waals surface area contributed by atoms with Gasteiger partial charge in [-0.15, -0.1) is 0 Å². The van der Waals surface area contributed by atoms with Crippen LogP contribution in [0.3, 0.4) is 0 Å². The monoisotopic (exact) mass is 382 g/mol. The Morgan fingerprint density at radius 3 is 2.56 bits per heavy atom. The van der Waals surface area contributed by atoms with Crippen molar-refractivity contribution in [3.63, 3.8) is 0 Å². The number of hydrogen-bond donors (Lipinski definition) is 0. The molecule has 1 amide bonds. The molecule has 3 fully saturated rings. The van der Waals surface area contributed by atoms with Crippen molar-refractivity contribution >= 4 is 11.6 Å². The predicted octanol–water partition coefficient (Wildman–Crippen LogP) is 3.91. The molecule has 7 heteroatoms. The van der Waals surface area contributed by atoms with Crippen LogP contribution in [0.25, 0.3) is 0 Å². The standard InChI is InChI=1S/C20H25F3N2O2/c1-13(2)17-12-27-19-9-10-24(11-15(19)5-8-18(26)25(17)19)16-6-3-14(4-7-16)20(21,22)23/h3-4,6-7,13,15,17H,5,8-12H2,1-2H3/t15?,17-,19?/m0/s1. The van der Waals surface area contributed by atoms with Crippen LogP contribution in [-0.2, 0) is 15.7 Å². The van der Waals surface area contributed by atoms with Gasteiger partial charge in [-0.25, -0.2) is 0 Å². The first-order valence-electron chi connectivity index (χ1n) is 9.61. The van der Waals surface area contributed by atoms with Crippen LogP contribution < -0.4 is 4.90 Å². The van der Waals surface area contributed by atoms with Crippen LogP contribution in [-0.4, -0.2) is 42.3 Å². The first-order chi connectivity index (χ1) is 12.7. The highest BCUT2D eigenvalue weighted by molar-refractivity contribution is 5.79. The number of halogens is 3. The molecule has 148 valence electrons. The van der Waals surface area contributed by atoms with Crippen LogP contribution in [0.5, 0.6) is 0 Å². The van der Waals surface area contributed by atoms with E-state index >= 15 is 0 Å². The fourth-order valence-corrected chi connectivity index (χ4v) is 4.88. The Kier molecular flexibility index (Phi) is 4.41. The predicted molar refractivity (Wildman–Crippen MR) is 95.2 cm³/mol. The summed E-state index contributed by atoms with van der Waals surface area (Å²) in [5, 5.41) is 0. The van der Waals surface area contributed by atoms with E-state index in [4.69, 9.17) is 4.74 Å². The smallest absolute Gasteiger partial charge is 0.371 e. The average Bonchev–Trinajstić information content (AvgIpc) is 3.02. The summed E-state index contributed by atoms with van der Waals surface area (Å²) in [5.74, 6) is 0.681. The lowest BCUT2D eigenvalue weighted by atomic mass is 9.79. The van der Waals surface area contributed by atoms with E-state index < -0.39 is 17.5 Å². The van der Waals surface area contributed by atoms with Gasteiger partial charge in [0, 0.05) is 37.5 Å². The maximum atomic E-state index is 12.8. The van der Waals surface area contributed by atoms with Gasteiger partial charge in [0.1, 0.15) is 5.72 Å². The van der Waals surface area contributed by atoms with Crippen LogP contribution in [0.15, 0.2) is 24.3 Å². The third-order valence-corrected chi connectivity index (χ3v) is 6.37. The Balaban J connectivity index is 1.55. The lowest BCUT2D eigenvalue weighted by molar-refractivity contribution is -0.181. The van der Waals surface area contributed by atoms with Gasteiger partial charge in [0.25, 0.3) is 0 Å². The summed E-state index contributed by atoms with van der Waals surface area (Å²) in [6.45, 7) is 6.15. The van der Waals surface area contributed by atoms with E-state index in [0.717, 1.165) is 24.2 Å². The van der Waals surface area contributed by atoms with Crippen molar-refractivity contribution in [1.29, 1.82) is 0 Å². The summed E-state index contributed by atoms with van der Waals surface area (Å²) in [6.07, 6.45) is -2.36. The Morgan fingerprint density at radius 2 is 1.93 bits per heavy atom. The zero-order valence-electron chi connectivity index (χ0n) is 15.6. The molecule has 1 aromatic rings. The molecule has 3 saturated heterocycles. The molecule has 0 saturated carbocycles. The van der Waals surface area contributed by atoms with Crippen molar-refractivity contribution in [3.8, 4) is 0 Å². The second-order valence-electron chi connectivity index (χ2n) is 8.21. The fourth-order valence-electron chi connectivity index (χ4n) is 4.88. The van der Waals surface area contributed by atoms with E-state index in [2.05, 4.69) is 18.7 Å². The molecule has 0 radical (unpaired) electrons. The number of piperidine rings is 2. The summed E-state index contributed by atoms with van der Waals surface area (Å²) in [7, 11) is 0. The highest BCUT2D eigenvalue weighted by Gasteiger charge is 2.59. The molecule has 4 nitrogen and oxygen atoms in total. The minimum absolute atomic E-state index is 0.109. The summed E-state index contributed by atoms with van der Waals surface area (Å²) in [4.78, 5) is 16.8. The lowest BCUT2D eigenvalue weighted by Gasteiger charge is -2.53. The van der Waals surface area contributed by atoms with Crippen LogP contribution in [0.4, 0.5) is 18.9 Å². The summed E-state index contributed by atoms with van der Waals surface area (Å²) < 4.78 is 44.7. The van der Waals surface area contributed by atoms with Crippen molar-refractivity contribution in [2.75, 3.05) is 24.6 Å². The third kappa shape index (κ3) is 3.00. The van der Waals surface area contributed by atoms with Gasteiger partial charge in [-0.05, 0) is 36.6 Å². The summed E-state index contributed by atoms with van der Waals surface area (Å²) in [5.41, 5.74) is -0.375. The molecule has 3 aliphatic rings. The molecule has 0 bridgehead atoms. The Labute approximate surface area is 157 Å². The Morgan fingerprint density at radius 1 is 1.22 bits per heavy atom. The quantitative estimate of drug-likeness (QED) is 0.778. The van der Waals surface area contributed by atoms with Gasteiger partial charge in [0.2, 0.25) is 5.91 Å². The van der Waals surface area contributed by atoms with Gasteiger partial charge in [-0.3, -0.25) is 4.79 Å². The number of nitrogens with zero attached hydrogens (tertiary/aromatic N) is 2. The van der Waals surface area contributed by atoms with Crippen molar-refractivity contribution in [3.05, 3.63) is 29.8 Å². The summed E-state index contributed by atoms with van der Waals surface area (Å²) >= 11 is 0. The van der Waals surface area contributed by atoms with Crippen molar-refractivity contribution < 1.29 is 22.7 Å². The maximum Gasteiger partial charge on any atom is 0.416 e. The van der Waals surface area contributed by atoms with Crippen LogP contribution >= 0.6 is 0 Å². The Hall–Kier alpha value is -1.76. The number of carbonyl (C=O) groups excluding carboxylic acids is 1. The molecule has 3 atom stereocenters. The molecular formula is C20H25F3N2O2. The number of ether oxygens (including phenoxy) is 1. The van der Waals surface area contributed by atoms with E-state index in [-0.39, 0.29) is 17.9 Å². The molecule has 4 rings (SSSR count). The number of hydrogen-bond acceptors (Lipinski definition) is 3. The van der Waals surface area contributed by atoms with E-state index in [1.807, 2.05) is 4.90 Å². The molecule has 1 aromatic carbocycles. The van der Waals surface area contributed by atoms with Crippen LogP contribution in [0.2, 0.25) is 0 Å². The first kappa shape index (κ1) is 18.6. The van der Waals surface area contributed by atoms with Crippen molar-refractivity contribution in [1.82, 2.24) is 4.90 Å². The van der Waals surface area contributed by atoms with Gasteiger partial charge in [0.05, 0.1) is 18.2 Å². The molecule has 0 aromatic heterocycles. The highest BCUT2D eigenvalue weighted by Crippen LogP contribution is 2.48. The van der Waals surface area contributed by atoms with Gasteiger partial charge >= 0.3 is 6.18 Å². The molecule has 1 spiro atoms. The number of carbonyl (C=O) groups is 1. The number of benzene rings is 1. The molecule has 0 N–H and O–H groups in total. The van der Waals surface area contributed by atoms with E-state index in [9.17, 15) is 18.0 Å². The largest absolute Gasteiger partial charge is 0.416 e. The Bertz CT molecular complexity index is 719. The third-order valence-electron chi connectivity index (χ3n) is 6.37. The SMILES string of the molecule is CC(C)[C@@H]1COC23CCN(c4ccc(C(F)(F)F)cc4)CC2CCC(=O)N13. The minimum Gasteiger partial charge on any atom is -0.371 e. The summed E-state index contributed by atoms with van der Waals surface area (Å²) in [6, 6.07) is 5.46. The molecule has 0 aliphatic carbocycles. The van der Waals surface area contributed by atoms with Gasteiger partial charge in [0.15, 0.2) is 0 Å². The maximum absolute atomic E-state index is 12.8. The number of anilines is 1. The van der Waals surface area contributed by atoms with E-state index in [1.54, 1.807) is 12.1 Å². The lowest BCUT2D eigenvalue weighted by Crippen LogP contribution is -2.65. The van der Waals surface area contributed by atoms with Crippen LogP contribution in [0, 0.1) is 11.8 Å². The zero-order chi connectivity index (χ0) is 19.4. The molecule has 27 heavy (non-hydrogen) atoms. The topological polar surface area (TPSA) is 32.8 Å². The van der Waals surface area contributed by atoms with Crippen molar-refractivity contribution in [2.45, 2.75) is 51.1 Å². The molecule has 2 unspecified atom stereocenters. The number of rotatable bonds is 2. The second-order valence-corrected chi connectivity index (χ2v) is 8.21. The van der Waals surface area contributed by atoms with Gasteiger partial charge in [-0.1, -0.05) is 13.8 Å². The van der Waals surface area contributed by atoms with Crippen molar-refractivity contribution in [2.24, 2.45) is 11.8 Å². The fraction of sp³-hybridized carbons (Fsp3) is 0.650. The van der Waals surface area contributed by atoms with Gasteiger partial charge < -0.3 is 14.5 Å².